The Morgan fingerprint density at radius 2 is 1.92 bits per heavy atom. The van der Waals surface area contributed by atoms with E-state index in [0.29, 0.717) is 11.1 Å². The summed E-state index contributed by atoms with van der Waals surface area (Å²) in [6.45, 7) is 3.94. The molecule has 134 valence electrons. The summed E-state index contributed by atoms with van der Waals surface area (Å²) in [4.78, 5) is 12.2. The van der Waals surface area contributed by atoms with Crippen molar-refractivity contribution >= 4 is 33.6 Å². The van der Waals surface area contributed by atoms with E-state index in [4.69, 9.17) is 4.42 Å². The minimum atomic E-state index is -0.0824. The highest BCUT2D eigenvalue weighted by molar-refractivity contribution is 9.10. The second kappa shape index (κ2) is 8.51. The molecule has 0 fully saturated rings. The van der Waals surface area contributed by atoms with Crippen molar-refractivity contribution < 1.29 is 9.21 Å². The molecular formula is C19H18BrN3O2S. The zero-order valence-corrected chi connectivity index (χ0v) is 16.8. The summed E-state index contributed by atoms with van der Waals surface area (Å²) in [7, 11) is 0. The maximum Gasteiger partial charge on any atom is 0.277 e. The Morgan fingerprint density at radius 1 is 1.19 bits per heavy atom. The van der Waals surface area contributed by atoms with Crippen molar-refractivity contribution in [2.75, 3.05) is 5.75 Å². The van der Waals surface area contributed by atoms with Crippen molar-refractivity contribution in [2.45, 2.75) is 25.1 Å². The molecule has 0 aliphatic rings. The van der Waals surface area contributed by atoms with E-state index in [2.05, 4.69) is 31.4 Å². The maximum atomic E-state index is 12.2. The number of carbonyl (C=O) groups is 1. The molecule has 1 heterocycles. The second-order valence-electron chi connectivity index (χ2n) is 5.82. The van der Waals surface area contributed by atoms with E-state index in [0.717, 1.165) is 21.2 Å². The van der Waals surface area contributed by atoms with E-state index >= 15 is 0 Å². The first-order chi connectivity index (χ1) is 12.5. The number of nitrogens with one attached hydrogen (secondary N) is 1. The van der Waals surface area contributed by atoms with Crippen LogP contribution < -0.4 is 5.32 Å². The van der Waals surface area contributed by atoms with Gasteiger partial charge in [-0.2, -0.15) is 0 Å². The lowest BCUT2D eigenvalue weighted by atomic mass is 10.1. The number of aromatic nitrogens is 2. The third-order valence-corrected chi connectivity index (χ3v) is 5.20. The van der Waals surface area contributed by atoms with Crippen molar-refractivity contribution in [1.29, 1.82) is 0 Å². The number of halogens is 1. The molecule has 0 aliphatic heterocycles. The van der Waals surface area contributed by atoms with Crippen LogP contribution in [0, 0.1) is 6.92 Å². The molecule has 0 bridgehead atoms. The van der Waals surface area contributed by atoms with E-state index in [9.17, 15) is 4.79 Å². The average molecular weight is 432 g/mol. The fourth-order valence-corrected chi connectivity index (χ4v) is 3.27. The molecular weight excluding hydrogens is 414 g/mol. The number of amides is 1. The third-order valence-electron chi connectivity index (χ3n) is 3.86. The highest BCUT2D eigenvalue weighted by Gasteiger charge is 2.14. The van der Waals surface area contributed by atoms with Gasteiger partial charge in [0.2, 0.25) is 11.8 Å². The van der Waals surface area contributed by atoms with Crippen molar-refractivity contribution in [2.24, 2.45) is 0 Å². The molecule has 0 aliphatic carbocycles. The van der Waals surface area contributed by atoms with Gasteiger partial charge in [0.25, 0.3) is 5.22 Å². The monoisotopic (exact) mass is 431 g/mol. The molecule has 2 aromatic carbocycles. The Hall–Kier alpha value is -2.12. The van der Waals surface area contributed by atoms with Gasteiger partial charge in [0.1, 0.15) is 0 Å². The predicted molar refractivity (Wildman–Crippen MR) is 106 cm³/mol. The van der Waals surface area contributed by atoms with E-state index in [1.54, 1.807) is 0 Å². The number of carbonyl (C=O) groups excluding carboxylic acids is 1. The van der Waals surface area contributed by atoms with E-state index < -0.39 is 0 Å². The van der Waals surface area contributed by atoms with Crippen molar-refractivity contribution in [3.05, 3.63) is 64.1 Å². The zero-order chi connectivity index (χ0) is 18.5. The van der Waals surface area contributed by atoms with Crippen LogP contribution in [0.1, 0.15) is 24.1 Å². The van der Waals surface area contributed by atoms with Crippen LogP contribution in [0.2, 0.25) is 0 Å². The smallest absolute Gasteiger partial charge is 0.277 e. The van der Waals surface area contributed by atoms with Gasteiger partial charge in [-0.3, -0.25) is 4.79 Å². The summed E-state index contributed by atoms with van der Waals surface area (Å²) in [6.07, 6.45) is 0. The van der Waals surface area contributed by atoms with Crippen LogP contribution in [0.5, 0.6) is 0 Å². The van der Waals surface area contributed by atoms with Crippen molar-refractivity contribution in [3.8, 4) is 11.5 Å². The van der Waals surface area contributed by atoms with Gasteiger partial charge < -0.3 is 9.73 Å². The van der Waals surface area contributed by atoms with Gasteiger partial charge in [-0.15, -0.1) is 10.2 Å². The normalized spacial score (nSPS) is 12.0. The summed E-state index contributed by atoms with van der Waals surface area (Å²) in [6, 6.07) is 15.6. The van der Waals surface area contributed by atoms with Gasteiger partial charge in [-0.05, 0) is 43.2 Å². The van der Waals surface area contributed by atoms with Crippen LogP contribution in [0.3, 0.4) is 0 Å². The van der Waals surface area contributed by atoms with Crippen LogP contribution >= 0.6 is 27.7 Å². The number of benzene rings is 2. The summed E-state index contributed by atoms with van der Waals surface area (Å²) >= 11 is 4.64. The van der Waals surface area contributed by atoms with Crippen molar-refractivity contribution in [1.82, 2.24) is 15.5 Å². The number of aryl methyl sites for hydroxylation is 1. The standard InChI is InChI=1S/C19H18BrN3O2S/c1-12-5-3-4-6-16(12)18-22-23-19(25-18)26-11-17(24)21-13(2)14-7-9-15(20)10-8-14/h3-10,13H,11H2,1-2H3,(H,21,24). The Balaban J connectivity index is 1.55. The molecule has 26 heavy (non-hydrogen) atoms. The molecule has 7 heteroatoms. The second-order valence-corrected chi connectivity index (χ2v) is 7.66. The minimum Gasteiger partial charge on any atom is -0.411 e. The Bertz CT molecular complexity index is 896. The highest BCUT2D eigenvalue weighted by Crippen LogP contribution is 2.25. The molecule has 0 radical (unpaired) electrons. The van der Waals surface area contributed by atoms with Gasteiger partial charge in [0, 0.05) is 10.0 Å². The lowest BCUT2D eigenvalue weighted by Crippen LogP contribution is -2.28. The fourth-order valence-electron chi connectivity index (χ4n) is 2.44. The molecule has 0 spiro atoms. The Morgan fingerprint density at radius 3 is 2.65 bits per heavy atom. The number of rotatable bonds is 6. The first-order valence-corrected chi connectivity index (χ1v) is 9.88. The molecule has 1 amide bonds. The van der Waals surface area contributed by atoms with Crippen LogP contribution in [-0.4, -0.2) is 21.9 Å². The molecule has 5 nitrogen and oxygen atoms in total. The van der Waals surface area contributed by atoms with Gasteiger partial charge >= 0.3 is 0 Å². The number of thioether (sulfide) groups is 1. The summed E-state index contributed by atoms with van der Waals surface area (Å²) in [5.41, 5.74) is 3.01. The summed E-state index contributed by atoms with van der Waals surface area (Å²) in [5, 5.41) is 11.4. The van der Waals surface area contributed by atoms with Crippen LogP contribution in [0.15, 0.2) is 62.6 Å². The molecule has 3 rings (SSSR count). The van der Waals surface area contributed by atoms with Crippen LogP contribution in [0.25, 0.3) is 11.5 Å². The van der Waals surface area contributed by atoms with Crippen LogP contribution in [0.4, 0.5) is 0 Å². The Kier molecular flexibility index (Phi) is 6.11. The van der Waals surface area contributed by atoms with Gasteiger partial charge in [0.05, 0.1) is 11.8 Å². The zero-order valence-electron chi connectivity index (χ0n) is 14.4. The molecule has 1 aromatic heterocycles. The lowest BCUT2D eigenvalue weighted by molar-refractivity contribution is -0.119. The van der Waals surface area contributed by atoms with Gasteiger partial charge in [-0.25, -0.2) is 0 Å². The van der Waals surface area contributed by atoms with Gasteiger partial charge in [0.15, 0.2) is 0 Å². The topological polar surface area (TPSA) is 68.0 Å². The maximum absolute atomic E-state index is 12.2. The first kappa shape index (κ1) is 18.7. The number of nitrogens with zero attached hydrogens (tertiary/aromatic N) is 2. The molecule has 3 aromatic rings. The average Bonchev–Trinajstić information content (AvgIpc) is 3.09. The largest absolute Gasteiger partial charge is 0.411 e. The van der Waals surface area contributed by atoms with E-state index in [1.165, 1.54) is 11.8 Å². The molecule has 1 atom stereocenters. The van der Waals surface area contributed by atoms with Crippen LogP contribution in [-0.2, 0) is 4.79 Å². The predicted octanol–water partition coefficient (Wildman–Crippen LogP) is 4.78. The minimum absolute atomic E-state index is 0.0681. The van der Waals surface area contributed by atoms with E-state index in [1.807, 2.05) is 62.4 Å². The number of hydrogen-bond acceptors (Lipinski definition) is 5. The highest BCUT2D eigenvalue weighted by atomic mass is 79.9. The molecule has 1 unspecified atom stereocenters. The molecule has 0 saturated carbocycles. The first-order valence-electron chi connectivity index (χ1n) is 8.10. The van der Waals surface area contributed by atoms with Crippen molar-refractivity contribution in [3.63, 3.8) is 0 Å². The summed E-state index contributed by atoms with van der Waals surface area (Å²) in [5.74, 6) is 0.603. The fraction of sp³-hybridized carbons (Fsp3) is 0.211. The summed E-state index contributed by atoms with van der Waals surface area (Å²) < 4.78 is 6.67. The Labute approximate surface area is 164 Å². The SMILES string of the molecule is Cc1ccccc1-c1nnc(SCC(=O)NC(C)c2ccc(Br)cc2)o1. The number of hydrogen-bond donors (Lipinski definition) is 1. The third kappa shape index (κ3) is 4.74. The quantitative estimate of drug-likeness (QED) is 0.568. The van der Waals surface area contributed by atoms with E-state index in [-0.39, 0.29) is 17.7 Å². The lowest BCUT2D eigenvalue weighted by Gasteiger charge is -2.13. The molecule has 0 saturated heterocycles. The molecule has 1 N–H and O–H groups in total. The van der Waals surface area contributed by atoms with Gasteiger partial charge in [-0.1, -0.05) is 58.0 Å².